The third-order valence-electron chi connectivity index (χ3n) is 6.00. The molecule has 0 amide bonds. The molecule has 0 saturated heterocycles. The number of hydrogen-bond acceptors (Lipinski definition) is 2. The van der Waals surface area contributed by atoms with Crippen molar-refractivity contribution >= 4 is 6.21 Å². The second-order valence-corrected chi connectivity index (χ2v) is 8.00. The zero-order valence-corrected chi connectivity index (χ0v) is 17.7. The van der Waals surface area contributed by atoms with E-state index >= 15 is 0 Å². The summed E-state index contributed by atoms with van der Waals surface area (Å²) in [7, 11) is 0. The Labute approximate surface area is 163 Å². The van der Waals surface area contributed by atoms with Crippen LogP contribution in [0.5, 0.6) is 0 Å². The molecule has 152 valence electrons. The van der Waals surface area contributed by atoms with E-state index in [1.807, 2.05) is 0 Å². The minimum absolute atomic E-state index is 0.278. The maximum Gasteiger partial charge on any atom is 0.182 e. The van der Waals surface area contributed by atoms with Gasteiger partial charge in [-0.1, -0.05) is 64.0 Å². The topological polar surface area (TPSA) is 32.6 Å². The average Bonchev–Trinajstić information content (AvgIpc) is 3.05. The van der Waals surface area contributed by atoms with Crippen molar-refractivity contribution in [1.29, 1.82) is 0 Å². The summed E-state index contributed by atoms with van der Waals surface area (Å²) in [5.74, 6) is 0. The molecule has 3 nitrogen and oxygen atoms in total. The summed E-state index contributed by atoms with van der Waals surface area (Å²) in [5.41, 5.74) is 0. The molecule has 0 saturated carbocycles. The molecule has 0 bridgehead atoms. The van der Waals surface area contributed by atoms with Crippen LogP contribution in [-0.4, -0.2) is 48.2 Å². The summed E-state index contributed by atoms with van der Waals surface area (Å²) in [6.45, 7) is 7.72. The third kappa shape index (κ3) is 9.32. The van der Waals surface area contributed by atoms with Gasteiger partial charge in [-0.2, -0.15) is 0 Å². The van der Waals surface area contributed by atoms with Gasteiger partial charge in [-0.05, 0) is 39.0 Å². The fourth-order valence-corrected chi connectivity index (χ4v) is 4.10. The molecule has 3 heteroatoms. The molecule has 0 aromatic carbocycles. The molecule has 0 fully saturated rings. The highest BCUT2D eigenvalue weighted by Gasteiger charge is 2.36. The normalized spacial score (nSPS) is 22.7. The zero-order chi connectivity index (χ0) is 18.9. The Morgan fingerprint density at radius 3 is 2.15 bits per heavy atom. The largest absolute Gasteiger partial charge is 0.391 e. The predicted molar refractivity (Wildman–Crippen MR) is 115 cm³/mol. The van der Waals surface area contributed by atoms with Gasteiger partial charge >= 0.3 is 0 Å². The minimum atomic E-state index is 0.278. The quantitative estimate of drug-likeness (QED) is 0.195. The number of quaternary nitrogens is 1. The number of allylic oxidation sites excluding steroid dienone is 2. The summed E-state index contributed by atoms with van der Waals surface area (Å²) in [5, 5.41) is 9.36. The van der Waals surface area contributed by atoms with Crippen LogP contribution in [0.15, 0.2) is 17.1 Å². The SMILES string of the molecule is CCCCCCC/C=C/CCCCCCCC1N=CC[N+]1(CC)CCO. The van der Waals surface area contributed by atoms with Gasteiger partial charge in [0.1, 0.15) is 13.1 Å². The zero-order valence-electron chi connectivity index (χ0n) is 17.7. The predicted octanol–water partition coefficient (Wildman–Crippen LogP) is 5.87. The molecule has 26 heavy (non-hydrogen) atoms. The van der Waals surface area contributed by atoms with E-state index in [4.69, 9.17) is 4.99 Å². The van der Waals surface area contributed by atoms with E-state index in [0.717, 1.165) is 24.1 Å². The van der Waals surface area contributed by atoms with E-state index in [1.165, 1.54) is 83.5 Å². The summed E-state index contributed by atoms with van der Waals surface area (Å²) in [6, 6.07) is 0. The summed E-state index contributed by atoms with van der Waals surface area (Å²) >= 11 is 0. The first-order chi connectivity index (χ1) is 12.8. The van der Waals surface area contributed by atoms with Gasteiger partial charge in [-0.3, -0.25) is 4.48 Å². The Balaban J connectivity index is 1.95. The second kappa shape index (κ2) is 15.4. The Kier molecular flexibility index (Phi) is 13.8. The molecule has 0 aliphatic carbocycles. The minimum Gasteiger partial charge on any atom is -0.391 e. The van der Waals surface area contributed by atoms with Crippen molar-refractivity contribution in [2.45, 2.75) is 103 Å². The molecule has 2 atom stereocenters. The maximum absolute atomic E-state index is 9.36. The molecule has 0 aromatic rings. The van der Waals surface area contributed by atoms with Gasteiger partial charge in [0.2, 0.25) is 0 Å². The monoisotopic (exact) mass is 365 g/mol. The van der Waals surface area contributed by atoms with E-state index in [9.17, 15) is 5.11 Å². The number of hydrogen-bond donors (Lipinski definition) is 1. The van der Waals surface area contributed by atoms with Gasteiger partial charge in [-0.25, -0.2) is 4.99 Å². The highest BCUT2D eigenvalue weighted by molar-refractivity contribution is 5.60. The first kappa shape index (κ1) is 23.4. The first-order valence-corrected chi connectivity index (χ1v) is 11.4. The molecule has 0 spiro atoms. The summed E-state index contributed by atoms with van der Waals surface area (Å²) in [6.07, 6.45) is 24.6. The second-order valence-electron chi connectivity index (χ2n) is 8.00. The average molecular weight is 366 g/mol. The van der Waals surface area contributed by atoms with E-state index in [2.05, 4.69) is 32.2 Å². The van der Waals surface area contributed by atoms with Crippen molar-refractivity contribution in [1.82, 2.24) is 0 Å². The molecule has 1 aliphatic rings. The maximum atomic E-state index is 9.36. The van der Waals surface area contributed by atoms with Gasteiger partial charge in [-0.15, -0.1) is 0 Å². The van der Waals surface area contributed by atoms with Crippen LogP contribution >= 0.6 is 0 Å². The third-order valence-corrected chi connectivity index (χ3v) is 6.00. The Morgan fingerprint density at radius 2 is 1.54 bits per heavy atom. The van der Waals surface area contributed by atoms with E-state index in [-0.39, 0.29) is 6.61 Å². The molecule has 1 rings (SSSR count). The molecule has 2 unspecified atom stereocenters. The lowest BCUT2D eigenvalue weighted by molar-refractivity contribution is -0.936. The van der Waals surface area contributed by atoms with Gasteiger partial charge in [0.05, 0.1) is 19.4 Å². The van der Waals surface area contributed by atoms with Crippen LogP contribution in [0.1, 0.15) is 97.3 Å². The molecule has 0 aromatic heterocycles. The van der Waals surface area contributed by atoms with Crippen molar-refractivity contribution in [3.05, 3.63) is 12.2 Å². The van der Waals surface area contributed by atoms with E-state index in [1.54, 1.807) is 0 Å². The number of rotatable bonds is 17. The smallest absolute Gasteiger partial charge is 0.182 e. The van der Waals surface area contributed by atoms with Gasteiger partial charge in [0, 0.05) is 6.42 Å². The number of likely N-dealkylation sites (N-methyl/N-ethyl adjacent to an activating group) is 1. The van der Waals surface area contributed by atoms with Crippen LogP contribution in [0, 0.1) is 0 Å². The van der Waals surface area contributed by atoms with Crippen molar-refractivity contribution in [2.75, 3.05) is 26.2 Å². The van der Waals surface area contributed by atoms with Gasteiger partial charge < -0.3 is 5.11 Å². The van der Waals surface area contributed by atoms with Crippen LogP contribution in [0.3, 0.4) is 0 Å². The molecule has 1 aliphatic heterocycles. The van der Waals surface area contributed by atoms with Crippen LogP contribution < -0.4 is 0 Å². The van der Waals surface area contributed by atoms with Crippen molar-refractivity contribution < 1.29 is 9.59 Å². The van der Waals surface area contributed by atoms with Crippen LogP contribution in [0.4, 0.5) is 0 Å². The molecule has 1 heterocycles. The van der Waals surface area contributed by atoms with Gasteiger partial charge in [0.15, 0.2) is 6.17 Å². The highest BCUT2D eigenvalue weighted by atomic mass is 16.3. The van der Waals surface area contributed by atoms with Crippen LogP contribution in [0.2, 0.25) is 0 Å². The number of unbranched alkanes of at least 4 members (excludes halogenated alkanes) is 10. The molecule has 1 N–H and O–H groups in total. The number of aliphatic hydroxyl groups is 1. The fraction of sp³-hybridized carbons (Fsp3) is 0.870. The van der Waals surface area contributed by atoms with Crippen molar-refractivity contribution in [3.63, 3.8) is 0 Å². The fourth-order valence-electron chi connectivity index (χ4n) is 4.10. The Hall–Kier alpha value is -0.670. The highest BCUT2D eigenvalue weighted by Crippen LogP contribution is 2.24. The van der Waals surface area contributed by atoms with Crippen molar-refractivity contribution in [2.24, 2.45) is 4.99 Å². The molecule has 0 radical (unpaired) electrons. The van der Waals surface area contributed by atoms with Crippen LogP contribution in [-0.2, 0) is 0 Å². The summed E-state index contributed by atoms with van der Waals surface area (Å²) < 4.78 is 0.972. The lowest BCUT2D eigenvalue weighted by Crippen LogP contribution is -2.53. The molecular formula is C23H45N2O+. The number of aliphatic hydroxyl groups excluding tert-OH is 1. The number of aliphatic imine (C=N–C) groups is 1. The summed E-state index contributed by atoms with van der Waals surface area (Å²) in [4.78, 5) is 4.70. The van der Waals surface area contributed by atoms with E-state index < -0.39 is 0 Å². The first-order valence-electron chi connectivity index (χ1n) is 11.4. The Bertz CT molecular complexity index is 380. The number of nitrogens with zero attached hydrogens (tertiary/aromatic N) is 2. The molecular weight excluding hydrogens is 320 g/mol. The van der Waals surface area contributed by atoms with Gasteiger partial charge in [0.25, 0.3) is 0 Å². The van der Waals surface area contributed by atoms with Crippen LogP contribution in [0.25, 0.3) is 0 Å². The lowest BCUT2D eigenvalue weighted by atomic mass is 10.1. The standard InChI is InChI=1S/C23H45N2O/c1-3-5-6-7-8-9-10-11-12-13-14-15-16-17-18-23-24-19-20-25(23,4-2)21-22-26/h10-11,19,23,26H,3-9,12-18,20-22H2,1-2H3/q+1/b11-10+. The van der Waals surface area contributed by atoms with Crippen molar-refractivity contribution in [3.8, 4) is 0 Å². The Morgan fingerprint density at radius 1 is 0.923 bits per heavy atom. The lowest BCUT2D eigenvalue weighted by Gasteiger charge is -2.37. The van der Waals surface area contributed by atoms with E-state index in [0.29, 0.717) is 6.17 Å².